The number of fused-ring (bicyclic) bond motifs is 2. The Morgan fingerprint density at radius 1 is 0.500 bits per heavy atom. The molecular weight excluding hydrogens is 515 g/mol. The third-order valence-corrected chi connectivity index (χ3v) is 7.23. The maximum absolute atomic E-state index is 10.3. The normalized spacial score (nSPS) is 12.6. The van der Waals surface area contributed by atoms with Gasteiger partial charge in [0, 0.05) is 0 Å². The molecule has 2 atom stereocenters. The van der Waals surface area contributed by atoms with Crippen LogP contribution in [0.3, 0.4) is 0 Å². The summed E-state index contributed by atoms with van der Waals surface area (Å²) >= 11 is 0. The first-order valence-corrected chi connectivity index (χ1v) is 13.6. The van der Waals surface area contributed by atoms with Crippen molar-refractivity contribution in [2.24, 2.45) is 0 Å². The quantitative estimate of drug-likeness (QED) is 0.119. The molecule has 2 unspecified atom stereocenters. The van der Waals surface area contributed by atoms with E-state index in [1.807, 2.05) is 0 Å². The monoisotopic (exact) mass is 556 g/mol. The minimum Gasteiger partial charge on any atom is -1.00 e. The Morgan fingerprint density at radius 2 is 0.895 bits per heavy atom. The van der Waals surface area contributed by atoms with Crippen molar-refractivity contribution in [2.45, 2.75) is 50.7 Å². The average molecular weight is 558 g/mol. The van der Waals surface area contributed by atoms with Crippen molar-refractivity contribution in [2.75, 3.05) is 26.2 Å². The van der Waals surface area contributed by atoms with Gasteiger partial charge in [0.2, 0.25) is 0 Å². The van der Waals surface area contributed by atoms with Gasteiger partial charge in [-0.3, -0.25) is 0 Å². The summed E-state index contributed by atoms with van der Waals surface area (Å²) in [5, 5.41) is 30.2. The average Bonchev–Trinajstić information content (AvgIpc) is 2.92. The van der Waals surface area contributed by atoms with Gasteiger partial charge in [-0.05, 0) is 71.2 Å². The molecule has 0 saturated carbocycles. The Bertz CT molecular complexity index is 1110. The van der Waals surface area contributed by atoms with Gasteiger partial charge in [0.05, 0.1) is 13.1 Å². The van der Waals surface area contributed by atoms with Crippen LogP contribution in [0.25, 0.3) is 21.5 Å². The Morgan fingerprint density at radius 3 is 1.34 bits per heavy atom. The van der Waals surface area contributed by atoms with Gasteiger partial charge in [0.15, 0.2) is 0 Å². The molecule has 0 heterocycles. The van der Waals surface area contributed by atoms with Crippen LogP contribution in [0.5, 0.6) is 0 Å². The van der Waals surface area contributed by atoms with E-state index in [4.69, 9.17) is 0 Å². The molecule has 0 aliphatic heterocycles. The van der Waals surface area contributed by atoms with E-state index < -0.39 is 12.2 Å². The van der Waals surface area contributed by atoms with E-state index in [1.54, 1.807) is 0 Å². The highest BCUT2D eigenvalue weighted by Crippen LogP contribution is 2.21. The molecule has 0 bridgehead atoms. The standard InChI is InChI=1S/C32H40N2O2.2ClH/c35-31(23-33-21-7-5-13-27-17-9-15-25-11-1-3-19-29(25)27)32(36)24-34-22-8-6-14-28-18-10-16-26-12-2-4-20-30(26)28;;/h1-4,9-12,15-20,31-36H,5-8,13-14,21-24H2;2*1H. The number of rotatable bonds is 15. The van der Waals surface area contributed by atoms with Gasteiger partial charge in [0.1, 0.15) is 25.3 Å². The molecule has 0 spiro atoms. The Balaban J connectivity index is 0.00000253. The number of nitrogens with two attached hydrogens (primary N) is 2. The first-order chi connectivity index (χ1) is 17.7. The second-order valence-corrected chi connectivity index (χ2v) is 9.95. The molecule has 6 N–H and O–H groups in total. The van der Waals surface area contributed by atoms with Crippen LogP contribution in [0.15, 0.2) is 84.9 Å². The van der Waals surface area contributed by atoms with Crippen LogP contribution in [0.4, 0.5) is 0 Å². The first kappa shape index (κ1) is 32.0. The second kappa shape index (κ2) is 17.4. The molecule has 4 aromatic rings. The zero-order valence-corrected chi connectivity index (χ0v) is 23.6. The smallest absolute Gasteiger partial charge is 0.134 e. The van der Waals surface area contributed by atoms with Gasteiger partial charge in [-0.2, -0.15) is 0 Å². The summed E-state index contributed by atoms with van der Waals surface area (Å²) in [5.74, 6) is 0. The summed E-state index contributed by atoms with van der Waals surface area (Å²) in [4.78, 5) is 0. The van der Waals surface area contributed by atoms with E-state index in [0.717, 1.165) is 51.6 Å². The SMILES string of the molecule is OC(C[NH2+]CCCCc1cccc2ccccc12)C(O)C[NH2+]CCCCc1cccc2ccccc12.[Cl-].[Cl-]. The van der Waals surface area contributed by atoms with Gasteiger partial charge in [0.25, 0.3) is 0 Å². The molecule has 0 saturated heterocycles. The fourth-order valence-electron chi connectivity index (χ4n) is 5.12. The predicted molar refractivity (Wildman–Crippen MR) is 149 cm³/mol. The third-order valence-electron chi connectivity index (χ3n) is 7.23. The van der Waals surface area contributed by atoms with Crippen LogP contribution >= 0.6 is 0 Å². The lowest BCUT2D eigenvalue weighted by Crippen LogP contribution is -3.00. The molecule has 206 valence electrons. The molecule has 4 aromatic carbocycles. The maximum Gasteiger partial charge on any atom is 0.134 e. The van der Waals surface area contributed by atoms with Gasteiger partial charge in [-0.1, -0.05) is 84.9 Å². The fraction of sp³-hybridized carbons (Fsp3) is 0.375. The highest BCUT2D eigenvalue weighted by atomic mass is 35.5. The van der Waals surface area contributed by atoms with Gasteiger partial charge in [-0.15, -0.1) is 0 Å². The van der Waals surface area contributed by atoms with E-state index >= 15 is 0 Å². The summed E-state index contributed by atoms with van der Waals surface area (Å²) in [5.41, 5.74) is 2.83. The molecule has 6 heteroatoms. The zero-order chi connectivity index (χ0) is 25.0. The number of aryl methyl sites for hydroxylation is 2. The van der Waals surface area contributed by atoms with Crippen LogP contribution in [0.1, 0.15) is 36.8 Å². The van der Waals surface area contributed by atoms with Crippen LogP contribution in [0.2, 0.25) is 0 Å². The van der Waals surface area contributed by atoms with Crippen molar-refractivity contribution in [1.29, 1.82) is 0 Å². The van der Waals surface area contributed by atoms with Gasteiger partial charge < -0.3 is 45.7 Å². The molecule has 38 heavy (non-hydrogen) atoms. The summed E-state index contributed by atoms with van der Waals surface area (Å²) in [6, 6.07) is 30.2. The minimum absolute atomic E-state index is 0. The molecule has 0 radical (unpaired) electrons. The third kappa shape index (κ3) is 9.53. The van der Waals surface area contributed by atoms with E-state index in [9.17, 15) is 10.2 Å². The highest BCUT2D eigenvalue weighted by molar-refractivity contribution is 5.86. The molecule has 4 nitrogen and oxygen atoms in total. The van der Waals surface area contributed by atoms with E-state index in [1.165, 1.54) is 32.7 Å². The van der Waals surface area contributed by atoms with Crippen molar-refractivity contribution >= 4 is 21.5 Å². The number of quaternary nitrogens is 2. The summed E-state index contributed by atoms with van der Waals surface area (Å²) < 4.78 is 0. The second-order valence-electron chi connectivity index (χ2n) is 9.95. The number of hydrogen-bond acceptors (Lipinski definition) is 2. The number of aliphatic hydroxyl groups excluding tert-OH is 2. The maximum atomic E-state index is 10.3. The topological polar surface area (TPSA) is 73.7 Å². The lowest BCUT2D eigenvalue weighted by atomic mass is 10.0. The van der Waals surface area contributed by atoms with E-state index in [2.05, 4.69) is 95.6 Å². The molecule has 4 rings (SSSR count). The summed E-state index contributed by atoms with van der Waals surface area (Å²) in [7, 11) is 0. The van der Waals surface area contributed by atoms with Crippen LogP contribution in [-0.4, -0.2) is 48.6 Å². The minimum atomic E-state index is -0.671. The van der Waals surface area contributed by atoms with Gasteiger partial charge in [-0.25, -0.2) is 0 Å². The molecule has 0 aromatic heterocycles. The first-order valence-electron chi connectivity index (χ1n) is 13.6. The molecule has 0 aliphatic rings. The molecule has 0 fully saturated rings. The molecular formula is C32H42Cl2N2O2. The number of hydrogen-bond donors (Lipinski definition) is 4. The molecule has 0 amide bonds. The Hall–Kier alpha value is -2.18. The summed E-state index contributed by atoms with van der Waals surface area (Å²) in [6.07, 6.45) is 5.30. The van der Waals surface area contributed by atoms with E-state index in [-0.39, 0.29) is 24.8 Å². The number of benzene rings is 4. The molecule has 0 aliphatic carbocycles. The highest BCUT2D eigenvalue weighted by Gasteiger charge is 2.19. The van der Waals surface area contributed by atoms with Crippen molar-refractivity contribution in [3.8, 4) is 0 Å². The Kier molecular flexibility index (Phi) is 14.7. The summed E-state index contributed by atoms with van der Waals surface area (Å²) in [6.45, 7) is 3.08. The Labute approximate surface area is 239 Å². The van der Waals surface area contributed by atoms with Crippen LogP contribution < -0.4 is 35.4 Å². The van der Waals surface area contributed by atoms with E-state index in [0.29, 0.717) is 13.1 Å². The van der Waals surface area contributed by atoms with Gasteiger partial charge >= 0.3 is 0 Å². The van der Waals surface area contributed by atoms with Crippen LogP contribution in [0, 0.1) is 0 Å². The number of aliphatic hydroxyl groups is 2. The van der Waals surface area contributed by atoms with Crippen molar-refractivity contribution in [1.82, 2.24) is 0 Å². The van der Waals surface area contributed by atoms with Crippen molar-refractivity contribution in [3.05, 3.63) is 96.1 Å². The lowest BCUT2D eigenvalue weighted by molar-refractivity contribution is -0.675. The fourth-order valence-corrected chi connectivity index (χ4v) is 5.12. The predicted octanol–water partition coefficient (Wildman–Crippen LogP) is -2.80. The van der Waals surface area contributed by atoms with Crippen molar-refractivity contribution < 1.29 is 45.7 Å². The van der Waals surface area contributed by atoms with Crippen LogP contribution in [-0.2, 0) is 12.8 Å². The number of halogens is 2. The number of unbranched alkanes of at least 4 members (excludes halogenated alkanes) is 2. The lowest BCUT2D eigenvalue weighted by Gasteiger charge is -2.15. The van der Waals surface area contributed by atoms with Crippen molar-refractivity contribution in [3.63, 3.8) is 0 Å². The largest absolute Gasteiger partial charge is 1.00 e. The zero-order valence-electron chi connectivity index (χ0n) is 22.1.